The molecule has 2 N–H and O–H groups in total. The fourth-order valence-corrected chi connectivity index (χ4v) is 5.72. The Labute approximate surface area is 206 Å². The van der Waals surface area contributed by atoms with E-state index >= 15 is 0 Å². The molecule has 6 nitrogen and oxygen atoms in total. The van der Waals surface area contributed by atoms with Crippen LogP contribution in [0.2, 0.25) is 0 Å². The number of aliphatic carboxylic acids is 1. The van der Waals surface area contributed by atoms with E-state index in [0.717, 1.165) is 26.4 Å². The van der Waals surface area contributed by atoms with Gasteiger partial charge in [-0.25, -0.2) is 9.78 Å². The molecule has 0 saturated heterocycles. The predicted molar refractivity (Wildman–Crippen MR) is 136 cm³/mol. The number of hydrogen-bond acceptors (Lipinski definition) is 7. The first kappa shape index (κ1) is 24.3. The van der Waals surface area contributed by atoms with Gasteiger partial charge < -0.3 is 19.7 Å². The van der Waals surface area contributed by atoms with E-state index in [9.17, 15) is 15.0 Å². The highest BCUT2D eigenvalue weighted by atomic mass is 32.1. The van der Waals surface area contributed by atoms with E-state index in [4.69, 9.17) is 14.5 Å². The summed E-state index contributed by atoms with van der Waals surface area (Å²) >= 11 is 3.12. The third-order valence-electron chi connectivity index (χ3n) is 5.59. The van der Waals surface area contributed by atoms with E-state index < -0.39 is 18.2 Å². The molecule has 0 aliphatic carbocycles. The zero-order valence-electron chi connectivity index (χ0n) is 19.3. The first-order chi connectivity index (χ1) is 16.4. The molecule has 8 heteroatoms. The third-order valence-corrected chi connectivity index (χ3v) is 7.62. The van der Waals surface area contributed by atoms with E-state index in [1.54, 1.807) is 30.4 Å². The number of benzene rings is 2. The number of nitrogens with zero attached hydrogens (tertiary/aromatic N) is 1. The number of ether oxygens (including phenoxy) is 2. The van der Waals surface area contributed by atoms with Gasteiger partial charge in [0.25, 0.3) is 0 Å². The molecule has 2 unspecified atom stereocenters. The number of fused-ring (bicyclic) bond motifs is 1. The van der Waals surface area contributed by atoms with Crippen LogP contribution < -0.4 is 4.74 Å². The Kier molecular flexibility index (Phi) is 7.63. The van der Waals surface area contributed by atoms with Gasteiger partial charge in [-0.15, -0.1) is 22.7 Å². The number of rotatable bonds is 10. The Morgan fingerprint density at radius 2 is 1.88 bits per heavy atom. The second-order valence-corrected chi connectivity index (χ2v) is 10.1. The Balaban J connectivity index is 1.48. The van der Waals surface area contributed by atoms with Crippen LogP contribution in [0.15, 0.2) is 47.8 Å². The number of thiophene rings is 1. The molecule has 2 atom stereocenters. The molecule has 0 aliphatic rings. The van der Waals surface area contributed by atoms with Crippen molar-refractivity contribution in [3.63, 3.8) is 0 Å². The number of aryl methyl sites for hydroxylation is 2. The molecular weight excluding hydrogens is 470 g/mol. The monoisotopic (exact) mass is 497 g/mol. The molecule has 4 rings (SSSR count). The summed E-state index contributed by atoms with van der Waals surface area (Å²) in [4.78, 5) is 17.5. The minimum Gasteiger partial charge on any atom is -0.493 e. The van der Waals surface area contributed by atoms with E-state index in [1.165, 1.54) is 21.8 Å². The van der Waals surface area contributed by atoms with Gasteiger partial charge >= 0.3 is 5.97 Å². The molecule has 4 aromatic rings. The number of aliphatic hydroxyl groups excluding tert-OH is 1. The number of aliphatic hydroxyl groups is 1. The standard InChI is InChI=1S/C26H27NO5S2/c1-4-31-23(26(29)30)22(28)19-9-10-21(18-12-14-33-24(18)19)32-13-11-20-16(3)34-25(27-20)17-7-5-15(2)6-8-17/h5-10,12,14,22-23,28H,4,11,13H2,1-3H3,(H,29,30). The summed E-state index contributed by atoms with van der Waals surface area (Å²) in [5.41, 5.74) is 3.89. The van der Waals surface area contributed by atoms with Gasteiger partial charge in [-0.3, -0.25) is 0 Å². The minimum absolute atomic E-state index is 0.199. The first-order valence-corrected chi connectivity index (χ1v) is 12.8. The molecule has 2 aromatic heterocycles. The molecule has 2 aromatic carbocycles. The van der Waals surface area contributed by atoms with Crippen LogP contribution in [0.1, 0.15) is 34.7 Å². The van der Waals surface area contributed by atoms with Crippen LogP contribution in [0.25, 0.3) is 20.7 Å². The second kappa shape index (κ2) is 10.7. The number of thiazole rings is 1. The van der Waals surface area contributed by atoms with Gasteiger partial charge in [0.1, 0.15) is 16.9 Å². The van der Waals surface area contributed by atoms with Crippen molar-refractivity contribution in [2.45, 2.75) is 39.4 Å². The highest BCUT2D eigenvalue weighted by Crippen LogP contribution is 2.37. The van der Waals surface area contributed by atoms with Crippen molar-refractivity contribution in [1.29, 1.82) is 0 Å². The first-order valence-electron chi connectivity index (χ1n) is 11.1. The van der Waals surface area contributed by atoms with E-state index in [2.05, 4.69) is 38.1 Å². The lowest BCUT2D eigenvalue weighted by molar-refractivity contribution is -0.158. The third kappa shape index (κ3) is 5.15. The quantitative estimate of drug-likeness (QED) is 0.288. The smallest absolute Gasteiger partial charge is 0.335 e. The van der Waals surface area contributed by atoms with Crippen LogP contribution >= 0.6 is 22.7 Å². The highest BCUT2D eigenvalue weighted by molar-refractivity contribution is 7.17. The maximum absolute atomic E-state index is 11.5. The van der Waals surface area contributed by atoms with Crippen LogP contribution in [0.5, 0.6) is 5.75 Å². The van der Waals surface area contributed by atoms with Crippen LogP contribution in [0, 0.1) is 13.8 Å². The molecule has 34 heavy (non-hydrogen) atoms. The van der Waals surface area contributed by atoms with Gasteiger partial charge in [0, 0.05) is 39.1 Å². The summed E-state index contributed by atoms with van der Waals surface area (Å²) in [6.45, 7) is 6.51. The fourth-order valence-electron chi connectivity index (χ4n) is 3.79. The number of aromatic nitrogens is 1. The van der Waals surface area contributed by atoms with Crippen molar-refractivity contribution in [3.05, 3.63) is 69.5 Å². The Morgan fingerprint density at radius 1 is 1.12 bits per heavy atom. The summed E-state index contributed by atoms with van der Waals surface area (Å²) in [5.74, 6) is -0.495. The average Bonchev–Trinajstić information content (AvgIpc) is 3.45. The largest absolute Gasteiger partial charge is 0.493 e. The molecule has 0 fully saturated rings. The minimum atomic E-state index is -1.32. The summed E-state index contributed by atoms with van der Waals surface area (Å²) in [7, 11) is 0. The van der Waals surface area contributed by atoms with Crippen LogP contribution in [-0.4, -0.2) is 40.5 Å². The molecule has 0 bridgehead atoms. The van der Waals surface area contributed by atoms with E-state index in [1.807, 2.05) is 11.4 Å². The summed E-state index contributed by atoms with van der Waals surface area (Å²) < 4.78 is 12.2. The number of carboxylic acids is 1. The van der Waals surface area contributed by atoms with Crippen LogP contribution in [0.4, 0.5) is 0 Å². The van der Waals surface area contributed by atoms with Crippen LogP contribution in [-0.2, 0) is 16.0 Å². The molecular formula is C26H27NO5S2. The fraction of sp³-hybridized carbons (Fsp3) is 0.308. The molecule has 0 amide bonds. The number of carbonyl (C=O) groups is 1. The zero-order valence-corrected chi connectivity index (χ0v) is 20.9. The van der Waals surface area contributed by atoms with Crippen LogP contribution in [0.3, 0.4) is 0 Å². The van der Waals surface area contributed by atoms with Gasteiger partial charge in [0.15, 0.2) is 6.10 Å². The van der Waals surface area contributed by atoms with Crippen molar-refractivity contribution in [1.82, 2.24) is 4.98 Å². The highest BCUT2D eigenvalue weighted by Gasteiger charge is 2.30. The molecule has 0 radical (unpaired) electrons. The summed E-state index contributed by atoms with van der Waals surface area (Å²) in [5, 5.41) is 23.9. The number of carboxylic acid groups (broad SMARTS) is 1. The molecule has 0 aliphatic heterocycles. The van der Waals surface area contributed by atoms with E-state index in [0.29, 0.717) is 24.3 Å². The van der Waals surface area contributed by atoms with Gasteiger partial charge in [0.05, 0.1) is 12.3 Å². The Morgan fingerprint density at radius 3 is 2.59 bits per heavy atom. The van der Waals surface area contributed by atoms with Crippen molar-refractivity contribution < 1.29 is 24.5 Å². The van der Waals surface area contributed by atoms with Gasteiger partial charge in [0.2, 0.25) is 0 Å². The molecule has 2 heterocycles. The van der Waals surface area contributed by atoms with Crippen molar-refractivity contribution in [3.8, 4) is 16.3 Å². The lowest BCUT2D eigenvalue weighted by Crippen LogP contribution is -2.31. The molecule has 178 valence electrons. The van der Waals surface area contributed by atoms with Gasteiger partial charge in [-0.05, 0) is 38.3 Å². The maximum Gasteiger partial charge on any atom is 0.335 e. The normalized spacial score (nSPS) is 13.2. The lowest BCUT2D eigenvalue weighted by Gasteiger charge is -2.20. The van der Waals surface area contributed by atoms with Crippen molar-refractivity contribution in [2.24, 2.45) is 0 Å². The van der Waals surface area contributed by atoms with Crippen molar-refractivity contribution in [2.75, 3.05) is 13.2 Å². The summed E-state index contributed by atoms with van der Waals surface area (Å²) in [6, 6.07) is 13.8. The zero-order chi connectivity index (χ0) is 24.2. The second-order valence-electron chi connectivity index (χ2n) is 7.96. The average molecular weight is 498 g/mol. The van der Waals surface area contributed by atoms with Gasteiger partial charge in [-0.2, -0.15) is 0 Å². The molecule has 0 saturated carbocycles. The molecule has 0 spiro atoms. The topological polar surface area (TPSA) is 88.9 Å². The maximum atomic E-state index is 11.5. The van der Waals surface area contributed by atoms with Crippen molar-refractivity contribution >= 4 is 38.7 Å². The number of hydrogen-bond donors (Lipinski definition) is 2. The predicted octanol–water partition coefficient (Wildman–Crippen LogP) is 5.79. The Bertz CT molecular complexity index is 1280. The summed E-state index contributed by atoms with van der Waals surface area (Å²) in [6.07, 6.45) is -1.92. The lowest BCUT2D eigenvalue weighted by atomic mass is 10.0. The SMILES string of the molecule is CCOC(C(=O)O)C(O)c1ccc(OCCc2nc(-c3ccc(C)cc3)sc2C)c2ccsc12. The van der Waals surface area contributed by atoms with E-state index in [-0.39, 0.29) is 6.61 Å². The Hall–Kier alpha value is -2.78. The van der Waals surface area contributed by atoms with Gasteiger partial charge in [-0.1, -0.05) is 35.9 Å².